The van der Waals surface area contributed by atoms with Gasteiger partial charge in [0.15, 0.2) is 0 Å². The maximum absolute atomic E-state index is 9.87. The molecule has 0 amide bonds. The second kappa shape index (κ2) is 6.05. The summed E-state index contributed by atoms with van der Waals surface area (Å²) in [4.78, 5) is 0. The van der Waals surface area contributed by atoms with Crippen LogP contribution < -0.4 is 0 Å². The molecular formula is C15H22O. The molecular weight excluding hydrogens is 196 g/mol. The van der Waals surface area contributed by atoms with E-state index in [2.05, 4.69) is 30.3 Å². The molecule has 1 nitrogen and oxygen atoms in total. The lowest BCUT2D eigenvalue weighted by atomic mass is 9.83. The van der Waals surface area contributed by atoms with Crippen molar-refractivity contribution in [3.8, 4) is 0 Å². The van der Waals surface area contributed by atoms with Crippen LogP contribution in [-0.4, -0.2) is 11.2 Å². The summed E-state index contributed by atoms with van der Waals surface area (Å²) in [5.41, 5.74) is 1.42. The summed E-state index contributed by atoms with van der Waals surface area (Å²) in [6.07, 6.45) is 8.32. The van der Waals surface area contributed by atoms with E-state index in [9.17, 15) is 5.11 Å². The SMILES string of the molecule is O[C@@H]1CCCC[C@@H]1CCCc1ccccc1. The van der Waals surface area contributed by atoms with Crippen LogP contribution in [0.5, 0.6) is 0 Å². The van der Waals surface area contributed by atoms with Gasteiger partial charge in [0.05, 0.1) is 6.10 Å². The van der Waals surface area contributed by atoms with E-state index >= 15 is 0 Å². The summed E-state index contributed by atoms with van der Waals surface area (Å²) in [6, 6.07) is 10.7. The van der Waals surface area contributed by atoms with Crippen molar-refractivity contribution in [3.05, 3.63) is 35.9 Å². The highest BCUT2D eigenvalue weighted by molar-refractivity contribution is 5.14. The Balaban J connectivity index is 1.71. The van der Waals surface area contributed by atoms with Crippen molar-refractivity contribution in [2.45, 2.75) is 51.0 Å². The molecule has 1 N–H and O–H groups in total. The molecule has 0 bridgehead atoms. The molecule has 0 radical (unpaired) electrons. The van der Waals surface area contributed by atoms with E-state index in [1.165, 1.54) is 37.7 Å². The lowest BCUT2D eigenvalue weighted by Crippen LogP contribution is -2.24. The van der Waals surface area contributed by atoms with Crippen LogP contribution in [0.15, 0.2) is 30.3 Å². The molecule has 1 heteroatoms. The standard InChI is InChI=1S/C15H22O/c16-15-12-5-4-10-14(15)11-6-9-13-7-2-1-3-8-13/h1-3,7-8,14-16H,4-6,9-12H2/t14-,15-/m1/s1. The third-order valence-electron chi connectivity index (χ3n) is 3.75. The predicted molar refractivity (Wildman–Crippen MR) is 67.3 cm³/mol. The van der Waals surface area contributed by atoms with Crippen LogP contribution >= 0.6 is 0 Å². The first-order chi connectivity index (χ1) is 7.86. The highest BCUT2D eigenvalue weighted by Gasteiger charge is 2.22. The van der Waals surface area contributed by atoms with Gasteiger partial charge >= 0.3 is 0 Å². The molecule has 0 spiro atoms. The zero-order valence-corrected chi connectivity index (χ0v) is 9.94. The van der Waals surface area contributed by atoms with Crippen molar-refractivity contribution in [3.63, 3.8) is 0 Å². The summed E-state index contributed by atoms with van der Waals surface area (Å²) in [7, 11) is 0. The van der Waals surface area contributed by atoms with E-state index in [0.29, 0.717) is 5.92 Å². The smallest absolute Gasteiger partial charge is 0.0568 e. The normalized spacial score (nSPS) is 25.6. The van der Waals surface area contributed by atoms with Gasteiger partial charge in [0.25, 0.3) is 0 Å². The lowest BCUT2D eigenvalue weighted by Gasteiger charge is -2.27. The molecule has 0 aliphatic heterocycles. The summed E-state index contributed by atoms with van der Waals surface area (Å²) < 4.78 is 0. The van der Waals surface area contributed by atoms with E-state index < -0.39 is 0 Å². The van der Waals surface area contributed by atoms with Crippen LogP contribution in [-0.2, 0) is 6.42 Å². The van der Waals surface area contributed by atoms with Gasteiger partial charge in [0.1, 0.15) is 0 Å². The molecule has 1 aromatic carbocycles. The van der Waals surface area contributed by atoms with Crippen LogP contribution in [0.1, 0.15) is 44.1 Å². The summed E-state index contributed by atoms with van der Waals surface area (Å²) in [5, 5.41) is 9.87. The number of aryl methyl sites for hydroxylation is 1. The molecule has 0 aromatic heterocycles. The quantitative estimate of drug-likeness (QED) is 0.819. The van der Waals surface area contributed by atoms with Crippen LogP contribution in [0.4, 0.5) is 0 Å². The molecule has 0 heterocycles. The molecule has 16 heavy (non-hydrogen) atoms. The van der Waals surface area contributed by atoms with Crippen molar-refractivity contribution in [2.75, 3.05) is 0 Å². The van der Waals surface area contributed by atoms with E-state index in [-0.39, 0.29) is 6.10 Å². The highest BCUT2D eigenvalue weighted by atomic mass is 16.3. The van der Waals surface area contributed by atoms with E-state index in [4.69, 9.17) is 0 Å². The zero-order chi connectivity index (χ0) is 11.2. The van der Waals surface area contributed by atoms with E-state index in [1.807, 2.05) is 0 Å². The predicted octanol–water partition coefficient (Wildman–Crippen LogP) is 3.56. The van der Waals surface area contributed by atoms with Gasteiger partial charge < -0.3 is 5.11 Å². The van der Waals surface area contributed by atoms with Crippen molar-refractivity contribution in [1.29, 1.82) is 0 Å². The van der Waals surface area contributed by atoms with Crippen molar-refractivity contribution < 1.29 is 5.11 Å². The number of rotatable bonds is 4. The fourth-order valence-electron chi connectivity index (χ4n) is 2.74. The van der Waals surface area contributed by atoms with Gasteiger partial charge in [-0.05, 0) is 43.6 Å². The van der Waals surface area contributed by atoms with Crippen molar-refractivity contribution in [1.82, 2.24) is 0 Å². The van der Waals surface area contributed by atoms with E-state index in [1.54, 1.807) is 0 Å². The first-order valence-corrected chi connectivity index (χ1v) is 6.58. The Hall–Kier alpha value is -0.820. The van der Waals surface area contributed by atoms with E-state index in [0.717, 1.165) is 12.8 Å². The van der Waals surface area contributed by atoms with Gasteiger partial charge in [-0.25, -0.2) is 0 Å². The topological polar surface area (TPSA) is 20.2 Å². The molecule has 2 atom stereocenters. The number of hydrogen-bond donors (Lipinski definition) is 1. The Morgan fingerprint density at radius 2 is 1.81 bits per heavy atom. The first kappa shape index (κ1) is 11.7. The molecule has 2 rings (SSSR count). The fourth-order valence-corrected chi connectivity index (χ4v) is 2.74. The van der Waals surface area contributed by atoms with Gasteiger partial charge in [-0.2, -0.15) is 0 Å². The lowest BCUT2D eigenvalue weighted by molar-refractivity contribution is 0.0643. The Bertz CT molecular complexity index is 294. The van der Waals surface area contributed by atoms with Gasteiger partial charge in [0, 0.05) is 0 Å². The number of aliphatic hydroxyl groups excluding tert-OH is 1. The summed E-state index contributed by atoms with van der Waals surface area (Å²) in [5.74, 6) is 0.567. The largest absolute Gasteiger partial charge is 0.393 e. The maximum Gasteiger partial charge on any atom is 0.0568 e. The third-order valence-corrected chi connectivity index (χ3v) is 3.75. The second-order valence-corrected chi connectivity index (χ2v) is 4.99. The fraction of sp³-hybridized carbons (Fsp3) is 0.600. The van der Waals surface area contributed by atoms with Crippen LogP contribution in [0.25, 0.3) is 0 Å². The Kier molecular flexibility index (Phi) is 4.41. The molecule has 1 fully saturated rings. The van der Waals surface area contributed by atoms with Gasteiger partial charge in [-0.1, -0.05) is 43.2 Å². The average molecular weight is 218 g/mol. The minimum absolute atomic E-state index is 0.0236. The molecule has 88 valence electrons. The molecule has 1 saturated carbocycles. The monoisotopic (exact) mass is 218 g/mol. The van der Waals surface area contributed by atoms with Crippen molar-refractivity contribution >= 4 is 0 Å². The number of hydrogen-bond acceptors (Lipinski definition) is 1. The Morgan fingerprint density at radius 1 is 1.06 bits per heavy atom. The summed E-state index contributed by atoms with van der Waals surface area (Å²) in [6.45, 7) is 0. The third kappa shape index (κ3) is 3.34. The Labute approximate surface area is 98.5 Å². The van der Waals surface area contributed by atoms with Crippen LogP contribution in [0.2, 0.25) is 0 Å². The average Bonchev–Trinajstić information content (AvgIpc) is 2.33. The maximum atomic E-state index is 9.87. The van der Waals surface area contributed by atoms with Crippen LogP contribution in [0, 0.1) is 5.92 Å². The second-order valence-electron chi connectivity index (χ2n) is 4.99. The molecule has 0 unspecified atom stereocenters. The summed E-state index contributed by atoms with van der Waals surface area (Å²) >= 11 is 0. The zero-order valence-electron chi connectivity index (χ0n) is 9.94. The molecule has 1 aromatic rings. The number of aliphatic hydroxyl groups is 1. The molecule has 1 aliphatic carbocycles. The molecule has 0 saturated heterocycles. The van der Waals surface area contributed by atoms with Crippen LogP contribution in [0.3, 0.4) is 0 Å². The van der Waals surface area contributed by atoms with Gasteiger partial charge in [-0.3, -0.25) is 0 Å². The minimum Gasteiger partial charge on any atom is -0.393 e. The first-order valence-electron chi connectivity index (χ1n) is 6.58. The molecule has 1 aliphatic rings. The number of benzene rings is 1. The highest BCUT2D eigenvalue weighted by Crippen LogP contribution is 2.28. The minimum atomic E-state index is -0.0236. The Morgan fingerprint density at radius 3 is 2.56 bits per heavy atom. The van der Waals surface area contributed by atoms with Gasteiger partial charge in [0.2, 0.25) is 0 Å². The van der Waals surface area contributed by atoms with Gasteiger partial charge in [-0.15, -0.1) is 0 Å². The van der Waals surface area contributed by atoms with Crippen molar-refractivity contribution in [2.24, 2.45) is 5.92 Å².